The summed E-state index contributed by atoms with van der Waals surface area (Å²) in [6, 6.07) is 1.88. The minimum Gasteiger partial charge on any atom is -0.310 e. The van der Waals surface area contributed by atoms with Crippen molar-refractivity contribution in [2.45, 2.75) is 19.8 Å². The summed E-state index contributed by atoms with van der Waals surface area (Å²) < 4.78 is 1.70. The molecule has 0 aromatic carbocycles. The first-order valence-corrected chi connectivity index (χ1v) is 8.39. The standard InChI is InChI=1S/C15H21N5OS/c1-11-7-13(19(2)18-11)17-14(21)10-20-5-3-12(9-20)8-15-16-4-6-22-15/h4,6-7,12H,3,5,8-10H2,1-2H3,(H,17,21). The molecule has 7 heteroatoms. The first kappa shape index (κ1) is 15.2. The molecule has 2 aromatic rings. The zero-order chi connectivity index (χ0) is 15.5. The van der Waals surface area contributed by atoms with Gasteiger partial charge in [-0.05, 0) is 25.8 Å². The Morgan fingerprint density at radius 1 is 1.55 bits per heavy atom. The van der Waals surface area contributed by atoms with Crippen molar-refractivity contribution in [1.82, 2.24) is 19.7 Å². The summed E-state index contributed by atoms with van der Waals surface area (Å²) in [5, 5.41) is 10.4. The molecule has 1 unspecified atom stereocenters. The molecule has 118 valence electrons. The third-order valence-electron chi connectivity index (χ3n) is 3.95. The number of rotatable bonds is 5. The van der Waals surface area contributed by atoms with Gasteiger partial charge in [0.2, 0.25) is 5.91 Å². The van der Waals surface area contributed by atoms with Crippen molar-refractivity contribution >= 4 is 23.1 Å². The predicted molar refractivity (Wildman–Crippen MR) is 86.9 cm³/mol. The number of hydrogen-bond acceptors (Lipinski definition) is 5. The van der Waals surface area contributed by atoms with Crippen LogP contribution in [-0.4, -0.2) is 45.2 Å². The average molecular weight is 319 g/mol. The van der Waals surface area contributed by atoms with Crippen LogP contribution in [0, 0.1) is 12.8 Å². The Balaban J connectivity index is 1.47. The minimum absolute atomic E-state index is 0.0258. The molecule has 3 heterocycles. The van der Waals surface area contributed by atoms with E-state index in [0.29, 0.717) is 12.5 Å². The topological polar surface area (TPSA) is 63.1 Å². The average Bonchev–Trinajstić information content (AvgIpc) is 3.15. The third kappa shape index (κ3) is 3.72. The van der Waals surface area contributed by atoms with Crippen LogP contribution in [0.5, 0.6) is 0 Å². The lowest BCUT2D eigenvalue weighted by atomic mass is 10.1. The number of thiazole rings is 1. The van der Waals surface area contributed by atoms with Gasteiger partial charge in [0.25, 0.3) is 0 Å². The van der Waals surface area contributed by atoms with Gasteiger partial charge in [0.15, 0.2) is 0 Å². The number of carbonyl (C=O) groups excluding carboxylic acids is 1. The van der Waals surface area contributed by atoms with Crippen LogP contribution in [0.1, 0.15) is 17.1 Å². The van der Waals surface area contributed by atoms with E-state index in [1.165, 1.54) is 5.01 Å². The SMILES string of the molecule is Cc1cc(NC(=O)CN2CCC(Cc3nccs3)C2)n(C)n1. The van der Waals surface area contributed by atoms with Crippen molar-refractivity contribution in [3.05, 3.63) is 28.3 Å². The molecule has 0 spiro atoms. The second-order valence-corrected chi connectivity index (χ2v) is 6.84. The zero-order valence-electron chi connectivity index (χ0n) is 13.0. The van der Waals surface area contributed by atoms with Crippen molar-refractivity contribution in [3.8, 4) is 0 Å². The fourth-order valence-electron chi connectivity index (χ4n) is 2.94. The van der Waals surface area contributed by atoms with E-state index in [1.807, 2.05) is 31.6 Å². The van der Waals surface area contributed by atoms with Crippen molar-refractivity contribution in [1.29, 1.82) is 0 Å². The van der Waals surface area contributed by atoms with E-state index in [4.69, 9.17) is 0 Å². The van der Waals surface area contributed by atoms with Gasteiger partial charge < -0.3 is 5.32 Å². The predicted octanol–water partition coefficient (Wildman–Crippen LogP) is 1.69. The molecule has 1 saturated heterocycles. The van der Waals surface area contributed by atoms with Crippen LogP contribution in [-0.2, 0) is 18.3 Å². The summed E-state index contributed by atoms with van der Waals surface area (Å²) in [7, 11) is 1.84. The van der Waals surface area contributed by atoms with Gasteiger partial charge in [0.05, 0.1) is 17.2 Å². The molecule has 1 N–H and O–H groups in total. The van der Waals surface area contributed by atoms with Gasteiger partial charge in [-0.3, -0.25) is 14.4 Å². The number of aromatic nitrogens is 3. The fourth-order valence-corrected chi connectivity index (χ4v) is 3.67. The van der Waals surface area contributed by atoms with Crippen LogP contribution in [0.4, 0.5) is 5.82 Å². The van der Waals surface area contributed by atoms with Gasteiger partial charge in [0, 0.05) is 37.7 Å². The Bertz CT molecular complexity index is 636. The molecule has 1 aliphatic rings. The maximum absolute atomic E-state index is 12.1. The highest BCUT2D eigenvalue weighted by atomic mass is 32.1. The maximum atomic E-state index is 12.1. The maximum Gasteiger partial charge on any atom is 0.239 e. The normalized spacial score (nSPS) is 18.7. The molecule has 2 aromatic heterocycles. The number of carbonyl (C=O) groups is 1. The molecule has 6 nitrogen and oxygen atoms in total. The minimum atomic E-state index is 0.0258. The number of anilines is 1. The fraction of sp³-hybridized carbons (Fsp3) is 0.533. The Labute approximate surface area is 134 Å². The van der Waals surface area contributed by atoms with Crippen LogP contribution in [0.3, 0.4) is 0 Å². The number of nitrogens with zero attached hydrogens (tertiary/aromatic N) is 4. The molecule has 0 saturated carbocycles. The lowest BCUT2D eigenvalue weighted by Gasteiger charge is -2.15. The van der Waals surface area contributed by atoms with Gasteiger partial charge in [-0.2, -0.15) is 5.10 Å². The van der Waals surface area contributed by atoms with E-state index in [-0.39, 0.29) is 5.91 Å². The summed E-state index contributed by atoms with van der Waals surface area (Å²) in [6.45, 7) is 4.31. The molecule has 1 atom stereocenters. The molecule has 0 radical (unpaired) electrons. The molecule has 1 fully saturated rings. The second kappa shape index (κ2) is 6.58. The van der Waals surface area contributed by atoms with Crippen LogP contribution in [0.15, 0.2) is 17.6 Å². The first-order chi connectivity index (χ1) is 10.6. The van der Waals surface area contributed by atoms with Gasteiger partial charge in [0.1, 0.15) is 5.82 Å². The molecule has 3 rings (SSSR count). The van der Waals surface area contributed by atoms with E-state index >= 15 is 0 Å². The molecular weight excluding hydrogens is 298 g/mol. The first-order valence-electron chi connectivity index (χ1n) is 7.51. The zero-order valence-corrected chi connectivity index (χ0v) is 13.8. The highest BCUT2D eigenvalue weighted by Crippen LogP contribution is 2.21. The number of amides is 1. The van der Waals surface area contributed by atoms with Gasteiger partial charge in [-0.25, -0.2) is 4.98 Å². The lowest BCUT2D eigenvalue weighted by Crippen LogP contribution is -2.32. The Kier molecular flexibility index (Phi) is 4.54. The smallest absolute Gasteiger partial charge is 0.239 e. The van der Waals surface area contributed by atoms with Gasteiger partial charge in [-0.15, -0.1) is 11.3 Å². The number of hydrogen-bond donors (Lipinski definition) is 1. The number of likely N-dealkylation sites (tertiary alicyclic amines) is 1. The lowest BCUT2D eigenvalue weighted by molar-refractivity contribution is -0.117. The molecule has 1 amide bonds. The molecule has 1 aliphatic heterocycles. The number of nitrogens with one attached hydrogen (secondary N) is 1. The summed E-state index contributed by atoms with van der Waals surface area (Å²) in [5.74, 6) is 1.39. The second-order valence-electron chi connectivity index (χ2n) is 5.86. The van der Waals surface area contributed by atoms with Crippen molar-refractivity contribution < 1.29 is 4.79 Å². The summed E-state index contributed by atoms with van der Waals surface area (Å²) in [6.07, 6.45) is 4.02. The van der Waals surface area contributed by atoms with Crippen molar-refractivity contribution in [2.75, 3.05) is 25.0 Å². The summed E-state index contributed by atoms with van der Waals surface area (Å²) >= 11 is 1.71. The van der Waals surface area contributed by atoms with E-state index in [9.17, 15) is 4.79 Å². The van der Waals surface area contributed by atoms with E-state index in [2.05, 4.69) is 20.3 Å². The Morgan fingerprint density at radius 2 is 2.41 bits per heavy atom. The van der Waals surface area contributed by atoms with E-state index in [0.717, 1.165) is 37.4 Å². The quantitative estimate of drug-likeness (QED) is 0.911. The molecule has 0 aliphatic carbocycles. The summed E-state index contributed by atoms with van der Waals surface area (Å²) in [5.41, 5.74) is 0.905. The van der Waals surface area contributed by atoms with E-state index in [1.54, 1.807) is 16.0 Å². The monoisotopic (exact) mass is 319 g/mol. The van der Waals surface area contributed by atoms with Crippen LogP contribution < -0.4 is 5.32 Å². The molecule has 0 bridgehead atoms. The third-order valence-corrected chi connectivity index (χ3v) is 4.76. The highest BCUT2D eigenvalue weighted by molar-refractivity contribution is 7.09. The van der Waals surface area contributed by atoms with Crippen LogP contribution in [0.25, 0.3) is 0 Å². The van der Waals surface area contributed by atoms with Gasteiger partial charge in [-0.1, -0.05) is 0 Å². The Morgan fingerprint density at radius 3 is 3.09 bits per heavy atom. The van der Waals surface area contributed by atoms with Gasteiger partial charge >= 0.3 is 0 Å². The Hall–Kier alpha value is -1.73. The molecular formula is C15H21N5OS. The van der Waals surface area contributed by atoms with Crippen molar-refractivity contribution in [2.24, 2.45) is 13.0 Å². The summed E-state index contributed by atoms with van der Waals surface area (Å²) in [4.78, 5) is 18.7. The van der Waals surface area contributed by atoms with Crippen molar-refractivity contribution in [3.63, 3.8) is 0 Å². The number of aryl methyl sites for hydroxylation is 2. The van der Waals surface area contributed by atoms with Crippen LogP contribution >= 0.6 is 11.3 Å². The van der Waals surface area contributed by atoms with E-state index < -0.39 is 0 Å². The molecule has 22 heavy (non-hydrogen) atoms. The largest absolute Gasteiger partial charge is 0.310 e. The van der Waals surface area contributed by atoms with Crippen LogP contribution in [0.2, 0.25) is 0 Å². The highest BCUT2D eigenvalue weighted by Gasteiger charge is 2.25.